The van der Waals surface area contributed by atoms with Crippen molar-refractivity contribution in [1.82, 2.24) is 20.2 Å². The van der Waals surface area contributed by atoms with Crippen LogP contribution in [-0.2, 0) is 22.8 Å². The van der Waals surface area contributed by atoms with Crippen molar-refractivity contribution in [2.75, 3.05) is 29.5 Å². The van der Waals surface area contributed by atoms with Crippen LogP contribution in [0.25, 0.3) is 0 Å². The van der Waals surface area contributed by atoms with Crippen LogP contribution in [0.3, 0.4) is 0 Å². The second-order valence-electron chi connectivity index (χ2n) is 4.85. The number of aryl methyl sites for hydroxylation is 1. The predicted molar refractivity (Wildman–Crippen MR) is 88.1 cm³/mol. The molecule has 0 N–H and O–H groups in total. The zero-order valence-corrected chi connectivity index (χ0v) is 14.5. The summed E-state index contributed by atoms with van der Waals surface area (Å²) >= 11 is 1.73. The van der Waals surface area contributed by atoms with Gasteiger partial charge in [-0.05, 0) is 35.2 Å². The van der Waals surface area contributed by atoms with Crippen LogP contribution < -0.4 is 4.90 Å². The summed E-state index contributed by atoms with van der Waals surface area (Å²) in [5.41, 5.74) is 0. The molecule has 0 aliphatic carbocycles. The SMILES string of the molecule is CCN(CCc1cccs1)c1nnnn1CCS(=O)(=O)CC. The highest BCUT2D eigenvalue weighted by atomic mass is 32.2. The molecule has 0 aliphatic rings. The molecule has 0 spiro atoms. The molecule has 0 amide bonds. The van der Waals surface area contributed by atoms with Crippen molar-refractivity contribution in [3.8, 4) is 0 Å². The molecular formula is C13H21N5O2S2. The van der Waals surface area contributed by atoms with E-state index in [0.29, 0.717) is 5.95 Å². The minimum Gasteiger partial charge on any atom is -0.340 e. The standard InChI is InChI=1S/C13H21N5O2S2/c1-3-17(8-7-12-6-5-10-21-12)13-14-15-16-18(13)9-11-22(19,20)4-2/h5-6,10H,3-4,7-9,11H2,1-2H3. The number of hydrogen-bond donors (Lipinski definition) is 0. The zero-order chi connectivity index (χ0) is 16.0. The average molecular weight is 343 g/mol. The van der Waals surface area contributed by atoms with E-state index in [4.69, 9.17) is 0 Å². The Morgan fingerprint density at radius 2 is 2.18 bits per heavy atom. The van der Waals surface area contributed by atoms with Crippen LogP contribution >= 0.6 is 11.3 Å². The third-order valence-corrected chi connectivity index (χ3v) is 6.06. The number of tetrazole rings is 1. The summed E-state index contributed by atoms with van der Waals surface area (Å²) in [5, 5.41) is 13.7. The fraction of sp³-hybridized carbons (Fsp3) is 0.615. The molecule has 7 nitrogen and oxygen atoms in total. The fourth-order valence-electron chi connectivity index (χ4n) is 2.04. The minimum atomic E-state index is -3.03. The molecule has 0 bridgehead atoms. The molecule has 2 heterocycles. The molecule has 0 saturated heterocycles. The van der Waals surface area contributed by atoms with Gasteiger partial charge in [-0.1, -0.05) is 18.1 Å². The molecule has 0 radical (unpaired) electrons. The summed E-state index contributed by atoms with van der Waals surface area (Å²) in [6, 6.07) is 4.14. The van der Waals surface area contributed by atoms with E-state index in [-0.39, 0.29) is 18.1 Å². The zero-order valence-electron chi connectivity index (χ0n) is 12.8. The average Bonchev–Trinajstić information content (AvgIpc) is 3.17. The lowest BCUT2D eigenvalue weighted by atomic mass is 10.3. The van der Waals surface area contributed by atoms with Crippen molar-refractivity contribution in [2.45, 2.75) is 26.8 Å². The van der Waals surface area contributed by atoms with Crippen LogP contribution in [0, 0.1) is 0 Å². The molecule has 0 atom stereocenters. The maximum atomic E-state index is 11.6. The lowest BCUT2D eigenvalue weighted by Gasteiger charge is -2.20. The van der Waals surface area contributed by atoms with Gasteiger partial charge in [-0.3, -0.25) is 0 Å². The van der Waals surface area contributed by atoms with E-state index in [1.165, 1.54) is 4.88 Å². The van der Waals surface area contributed by atoms with Crippen molar-refractivity contribution in [1.29, 1.82) is 0 Å². The first-order valence-corrected chi connectivity index (χ1v) is 9.99. The summed E-state index contributed by atoms with van der Waals surface area (Å²) < 4.78 is 24.8. The Kier molecular flexibility index (Phi) is 5.90. The van der Waals surface area contributed by atoms with Crippen molar-refractivity contribution >= 4 is 27.1 Å². The summed E-state index contributed by atoms with van der Waals surface area (Å²) in [5.74, 6) is 0.829. The van der Waals surface area contributed by atoms with Gasteiger partial charge in [-0.25, -0.2) is 13.1 Å². The van der Waals surface area contributed by atoms with Gasteiger partial charge in [0.1, 0.15) is 0 Å². The van der Waals surface area contributed by atoms with Gasteiger partial charge in [-0.2, -0.15) is 0 Å². The molecule has 0 aliphatic heterocycles. The van der Waals surface area contributed by atoms with Crippen LogP contribution in [0.15, 0.2) is 17.5 Å². The van der Waals surface area contributed by atoms with Crippen molar-refractivity contribution in [3.05, 3.63) is 22.4 Å². The van der Waals surface area contributed by atoms with E-state index in [1.807, 2.05) is 13.0 Å². The lowest BCUT2D eigenvalue weighted by molar-refractivity contribution is 0.572. The maximum Gasteiger partial charge on any atom is 0.245 e. The topological polar surface area (TPSA) is 81.0 Å². The normalized spacial score (nSPS) is 11.7. The summed E-state index contributed by atoms with van der Waals surface area (Å²) in [7, 11) is -3.03. The molecule has 0 saturated carbocycles. The molecule has 0 aromatic carbocycles. The van der Waals surface area contributed by atoms with Crippen molar-refractivity contribution in [2.24, 2.45) is 0 Å². The molecule has 122 valence electrons. The third-order valence-electron chi connectivity index (χ3n) is 3.44. The second kappa shape index (κ2) is 7.68. The number of sulfone groups is 1. The van der Waals surface area contributed by atoms with Gasteiger partial charge in [0, 0.05) is 23.7 Å². The molecule has 2 rings (SSSR count). The predicted octanol–water partition coefficient (Wildman–Crippen LogP) is 1.24. The van der Waals surface area contributed by atoms with Crippen molar-refractivity contribution in [3.63, 3.8) is 0 Å². The smallest absolute Gasteiger partial charge is 0.245 e. The van der Waals surface area contributed by atoms with E-state index >= 15 is 0 Å². The van der Waals surface area contributed by atoms with Gasteiger partial charge in [0.25, 0.3) is 0 Å². The van der Waals surface area contributed by atoms with E-state index in [0.717, 1.165) is 19.5 Å². The number of rotatable bonds is 9. The van der Waals surface area contributed by atoms with Crippen LogP contribution in [0.5, 0.6) is 0 Å². The van der Waals surface area contributed by atoms with Gasteiger partial charge in [0.2, 0.25) is 5.95 Å². The molecule has 22 heavy (non-hydrogen) atoms. The third kappa shape index (κ3) is 4.51. The molecular weight excluding hydrogens is 322 g/mol. The van der Waals surface area contributed by atoms with Gasteiger partial charge in [-0.15, -0.1) is 11.3 Å². The first kappa shape index (κ1) is 16.9. The quantitative estimate of drug-likeness (QED) is 0.681. The highest BCUT2D eigenvalue weighted by molar-refractivity contribution is 7.91. The summed E-state index contributed by atoms with van der Waals surface area (Å²) in [6.45, 7) is 5.55. The van der Waals surface area contributed by atoms with Crippen LogP contribution in [-0.4, -0.2) is 53.2 Å². The monoisotopic (exact) mass is 343 g/mol. The highest BCUT2D eigenvalue weighted by Gasteiger charge is 2.16. The first-order chi connectivity index (χ1) is 10.6. The van der Waals surface area contributed by atoms with Gasteiger partial charge < -0.3 is 4.90 Å². The van der Waals surface area contributed by atoms with Crippen molar-refractivity contribution < 1.29 is 8.42 Å². The van der Waals surface area contributed by atoms with E-state index < -0.39 is 9.84 Å². The Balaban J connectivity index is 2.02. The Morgan fingerprint density at radius 1 is 1.36 bits per heavy atom. The Bertz CT molecular complexity index is 666. The fourth-order valence-corrected chi connectivity index (χ4v) is 3.48. The number of thiophene rings is 1. The van der Waals surface area contributed by atoms with Crippen LogP contribution in [0.1, 0.15) is 18.7 Å². The van der Waals surface area contributed by atoms with Crippen LogP contribution in [0.4, 0.5) is 5.95 Å². The Morgan fingerprint density at radius 3 is 2.82 bits per heavy atom. The molecule has 9 heteroatoms. The summed E-state index contributed by atoms with van der Waals surface area (Å²) in [6.07, 6.45) is 0.922. The number of hydrogen-bond acceptors (Lipinski definition) is 7. The van der Waals surface area contributed by atoms with E-state index in [9.17, 15) is 8.42 Å². The molecule has 0 fully saturated rings. The minimum absolute atomic E-state index is 0.0595. The largest absolute Gasteiger partial charge is 0.340 e. The molecule has 2 aromatic heterocycles. The van der Waals surface area contributed by atoms with Gasteiger partial charge in [0.05, 0.1) is 12.3 Å². The van der Waals surface area contributed by atoms with E-state index in [2.05, 4.69) is 31.9 Å². The Hall–Kier alpha value is -1.48. The maximum absolute atomic E-state index is 11.6. The van der Waals surface area contributed by atoms with Gasteiger partial charge in [0.15, 0.2) is 9.84 Å². The number of anilines is 1. The van der Waals surface area contributed by atoms with E-state index in [1.54, 1.807) is 22.9 Å². The highest BCUT2D eigenvalue weighted by Crippen LogP contribution is 2.13. The Labute approximate surface area is 134 Å². The second-order valence-corrected chi connectivity index (χ2v) is 8.35. The van der Waals surface area contributed by atoms with Crippen LogP contribution in [0.2, 0.25) is 0 Å². The van der Waals surface area contributed by atoms with Gasteiger partial charge >= 0.3 is 0 Å². The number of nitrogens with zero attached hydrogens (tertiary/aromatic N) is 5. The molecule has 2 aromatic rings. The number of likely N-dealkylation sites (N-methyl/N-ethyl adjacent to an activating group) is 1. The first-order valence-electron chi connectivity index (χ1n) is 7.29. The number of aromatic nitrogens is 4. The summed E-state index contributed by atoms with van der Waals surface area (Å²) in [4.78, 5) is 3.38. The molecule has 0 unspecified atom stereocenters. The lowest BCUT2D eigenvalue weighted by Crippen LogP contribution is -2.29.